The summed E-state index contributed by atoms with van der Waals surface area (Å²) in [7, 11) is -4.30. The van der Waals surface area contributed by atoms with E-state index in [0.717, 1.165) is 16.8 Å². The third-order valence-electron chi connectivity index (χ3n) is 5.76. The number of carbonyl (C=O) groups excluding carboxylic acids is 1. The van der Waals surface area contributed by atoms with Crippen LogP contribution in [0.3, 0.4) is 0 Å². The molecule has 3 N–H and O–H groups in total. The molecular formula is C23H31N6O9P. The SMILES string of the molecule is CC(C)COC(=O)[C@H](C)NP(=O)(OC[C@H]1O[C@@H](n2ccc(=O)[nH]c2=O)[C@](C)(N=[N+]=[N-])[C@@H]1O)Oc1ccccc1. The molecule has 1 unspecified atom stereocenters. The minimum atomic E-state index is -4.30. The van der Waals surface area contributed by atoms with Crippen molar-refractivity contribution in [2.75, 3.05) is 13.2 Å². The van der Waals surface area contributed by atoms with Crippen LogP contribution in [0.1, 0.15) is 33.9 Å². The van der Waals surface area contributed by atoms with Crippen molar-refractivity contribution in [3.8, 4) is 5.75 Å². The summed E-state index contributed by atoms with van der Waals surface area (Å²) < 4.78 is 36.9. The van der Waals surface area contributed by atoms with Crippen LogP contribution in [-0.4, -0.2) is 57.6 Å². The van der Waals surface area contributed by atoms with Crippen molar-refractivity contribution in [2.24, 2.45) is 11.0 Å². The number of aromatic nitrogens is 2. The van der Waals surface area contributed by atoms with Crippen molar-refractivity contribution in [2.45, 2.75) is 57.7 Å². The van der Waals surface area contributed by atoms with Crippen molar-refractivity contribution < 1.29 is 33.0 Å². The summed E-state index contributed by atoms with van der Waals surface area (Å²) in [5, 5.41) is 17.2. The van der Waals surface area contributed by atoms with E-state index in [1.165, 1.54) is 26.0 Å². The van der Waals surface area contributed by atoms with Gasteiger partial charge in [-0.2, -0.15) is 5.09 Å². The molecule has 0 aliphatic carbocycles. The van der Waals surface area contributed by atoms with Crippen LogP contribution in [0.5, 0.6) is 5.75 Å². The first-order chi connectivity index (χ1) is 18.4. The third kappa shape index (κ3) is 7.35. The Labute approximate surface area is 223 Å². The highest BCUT2D eigenvalue weighted by Crippen LogP contribution is 2.47. The second kappa shape index (κ2) is 12.6. The van der Waals surface area contributed by atoms with Crippen LogP contribution in [0, 0.1) is 5.92 Å². The van der Waals surface area contributed by atoms with E-state index in [1.54, 1.807) is 18.2 Å². The van der Waals surface area contributed by atoms with Crippen LogP contribution in [0.4, 0.5) is 0 Å². The van der Waals surface area contributed by atoms with Gasteiger partial charge in [0.25, 0.3) is 5.56 Å². The molecule has 0 spiro atoms. The maximum absolute atomic E-state index is 13.8. The molecule has 2 heterocycles. The zero-order valence-electron chi connectivity index (χ0n) is 21.8. The maximum Gasteiger partial charge on any atom is 0.459 e. The zero-order chi connectivity index (χ0) is 28.8. The lowest BCUT2D eigenvalue weighted by Crippen LogP contribution is -2.45. The smallest absolute Gasteiger partial charge is 0.459 e. The minimum absolute atomic E-state index is 0.0825. The fraction of sp³-hybridized carbons (Fsp3) is 0.522. The molecule has 2 aromatic rings. The van der Waals surface area contributed by atoms with E-state index in [-0.39, 0.29) is 18.3 Å². The lowest BCUT2D eigenvalue weighted by atomic mass is 9.93. The van der Waals surface area contributed by atoms with Crippen molar-refractivity contribution in [3.05, 3.63) is 73.9 Å². The second-order valence-electron chi connectivity index (χ2n) is 9.48. The average molecular weight is 567 g/mol. The highest BCUT2D eigenvalue weighted by molar-refractivity contribution is 7.52. The van der Waals surface area contributed by atoms with Crippen molar-refractivity contribution >= 4 is 13.7 Å². The van der Waals surface area contributed by atoms with E-state index in [9.17, 15) is 24.1 Å². The van der Waals surface area contributed by atoms with Crippen LogP contribution >= 0.6 is 7.75 Å². The van der Waals surface area contributed by atoms with E-state index >= 15 is 0 Å². The number of nitrogens with one attached hydrogen (secondary N) is 2. The van der Waals surface area contributed by atoms with Gasteiger partial charge in [0.05, 0.1) is 19.3 Å². The molecule has 0 bridgehead atoms. The number of azide groups is 1. The van der Waals surface area contributed by atoms with Gasteiger partial charge in [-0.3, -0.25) is 23.7 Å². The molecule has 1 aliphatic heterocycles. The number of aliphatic hydroxyl groups excluding tert-OH is 1. The second-order valence-corrected chi connectivity index (χ2v) is 11.2. The largest absolute Gasteiger partial charge is 0.464 e. The van der Waals surface area contributed by atoms with E-state index in [0.29, 0.717) is 0 Å². The van der Waals surface area contributed by atoms with Gasteiger partial charge in [0, 0.05) is 17.2 Å². The summed E-state index contributed by atoms with van der Waals surface area (Å²) in [5.41, 5.74) is 5.87. The van der Waals surface area contributed by atoms with E-state index in [4.69, 9.17) is 24.1 Å². The summed E-state index contributed by atoms with van der Waals surface area (Å²) in [6, 6.07) is 8.01. The Balaban J connectivity index is 1.84. The van der Waals surface area contributed by atoms with Crippen molar-refractivity contribution in [1.29, 1.82) is 0 Å². The Morgan fingerprint density at radius 1 is 1.31 bits per heavy atom. The minimum Gasteiger partial charge on any atom is -0.464 e. The van der Waals surface area contributed by atoms with Crippen molar-refractivity contribution in [3.63, 3.8) is 0 Å². The van der Waals surface area contributed by atoms with Crippen LogP contribution in [0.25, 0.3) is 10.4 Å². The molecule has 0 amide bonds. The molecule has 1 aromatic heterocycles. The summed E-state index contributed by atoms with van der Waals surface area (Å²) in [6.07, 6.45) is -3.05. The van der Waals surface area contributed by atoms with Gasteiger partial charge in [-0.1, -0.05) is 37.2 Å². The Bertz CT molecular complexity index is 1360. The first-order valence-electron chi connectivity index (χ1n) is 12.0. The topological polar surface area (TPSA) is 207 Å². The number of nitrogens with zero attached hydrogens (tertiary/aromatic N) is 4. The first-order valence-corrected chi connectivity index (χ1v) is 13.6. The predicted octanol–water partition coefficient (Wildman–Crippen LogP) is 2.24. The molecule has 16 heteroatoms. The Morgan fingerprint density at radius 2 is 2.00 bits per heavy atom. The summed E-state index contributed by atoms with van der Waals surface area (Å²) in [5.74, 6) is -0.436. The number of hydrogen-bond acceptors (Lipinski definition) is 10. The molecule has 0 saturated carbocycles. The number of aromatic amines is 1. The van der Waals surface area contributed by atoms with Gasteiger partial charge in [-0.05, 0) is 37.4 Å². The molecule has 15 nitrogen and oxygen atoms in total. The van der Waals surface area contributed by atoms with E-state index < -0.39 is 61.6 Å². The summed E-state index contributed by atoms with van der Waals surface area (Å²) >= 11 is 0. The van der Waals surface area contributed by atoms with E-state index in [1.807, 2.05) is 13.8 Å². The van der Waals surface area contributed by atoms with Crippen LogP contribution in [0.2, 0.25) is 0 Å². The molecular weight excluding hydrogens is 535 g/mol. The lowest BCUT2D eigenvalue weighted by molar-refractivity contribution is -0.146. The van der Waals surface area contributed by atoms with E-state index in [2.05, 4.69) is 20.1 Å². The highest BCUT2D eigenvalue weighted by Gasteiger charge is 2.55. The fourth-order valence-electron chi connectivity index (χ4n) is 3.74. The van der Waals surface area contributed by atoms with Gasteiger partial charge in [0.2, 0.25) is 0 Å². The van der Waals surface area contributed by atoms with Gasteiger partial charge in [-0.25, -0.2) is 9.36 Å². The molecule has 1 aliphatic rings. The number of benzene rings is 1. The molecule has 1 aromatic carbocycles. The van der Waals surface area contributed by atoms with Gasteiger partial charge < -0.3 is 19.1 Å². The normalized spacial score (nSPS) is 24.9. The number of aliphatic hydroxyl groups is 1. The molecule has 39 heavy (non-hydrogen) atoms. The number of para-hydroxylation sites is 1. The number of H-pyrrole nitrogens is 1. The van der Waals surface area contributed by atoms with Gasteiger partial charge in [-0.15, -0.1) is 0 Å². The highest BCUT2D eigenvalue weighted by atomic mass is 31.2. The predicted molar refractivity (Wildman–Crippen MR) is 138 cm³/mol. The number of ether oxygens (including phenoxy) is 2. The van der Waals surface area contributed by atoms with Crippen LogP contribution < -0.4 is 20.9 Å². The molecule has 1 saturated heterocycles. The molecule has 212 valence electrons. The van der Waals surface area contributed by atoms with Gasteiger partial charge >= 0.3 is 19.4 Å². The Hall–Kier alpha value is -3.45. The lowest BCUT2D eigenvalue weighted by Gasteiger charge is -2.28. The van der Waals surface area contributed by atoms with Crippen LogP contribution in [0.15, 0.2) is 57.3 Å². The standard InChI is InChI=1S/C23H31N6O9P/c1-14(2)12-35-20(32)15(3)26-39(34,38-16-8-6-5-7-9-16)36-13-17-19(31)23(4,27-28-24)21(37-17)29-11-10-18(30)25-22(29)33/h5-11,14-15,17,19,21,31H,12-13H2,1-4H3,(H,26,34)(H,25,30,33)/t15-,17+,19+,21+,23+,39?/m0/s1. The quantitative estimate of drug-likeness (QED) is 0.112. The van der Waals surface area contributed by atoms with Gasteiger partial charge in [0.15, 0.2) is 6.23 Å². The van der Waals surface area contributed by atoms with Gasteiger partial charge in [0.1, 0.15) is 23.4 Å². The monoisotopic (exact) mass is 566 g/mol. The number of esters is 1. The average Bonchev–Trinajstić information content (AvgIpc) is 3.11. The molecule has 0 radical (unpaired) electrons. The molecule has 1 fully saturated rings. The number of hydrogen-bond donors (Lipinski definition) is 3. The first kappa shape index (κ1) is 30.1. The molecule has 3 rings (SSSR count). The molecule has 6 atom stereocenters. The van der Waals surface area contributed by atoms with Crippen LogP contribution in [-0.2, 0) is 23.4 Å². The maximum atomic E-state index is 13.8. The summed E-state index contributed by atoms with van der Waals surface area (Å²) in [4.78, 5) is 41.1. The Kier molecular flexibility index (Phi) is 9.73. The third-order valence-corrected chi connectivity index (χ3v) is 7.40. The summed E-state index contributed by atoms with van der Waals surface area (Å²) in [6.45, 7) is 6.08. The number of carbonyl (C=O) groups is 1. The zero-order valence-corrected chi connectivity index (χ0v) is 22.7. The fourth-order valence-corrected chi connectivity index (χ4v) is 5.24. The number of rotatable bonds is 12. The van der Waals surface area contributed by atoms with Crippen molar-refractivity contribution in [1.82, 2.24) is 14.6 Å². The Morgan fingerprint density at radius 3 is 2.62 bits per heavy atom.